The van der Waals surface area contributed by atoms with Crippen molar-refractivity contribution < 1.29 is 19.2 Å². The van der Waals surface area contributed by atoms with Gasteiger partial charge >= 0.3 is 5.97 Å². The molecule has 0 aliphatic heterocycles. The van der Waals surface area contributed by atoms with Crippen LogP contribution < -0.4 is 5.32 Å². The minimum atomic E-state index is -0.880. The normalized spacial score (nSPS) is 15.4. The number of hydrogen-bond acceptors (Lipinski definition) is 6. The molecule has 2 rings (SSSR count). The number of carbonyl (C=O) groups excluding carboxylic acids is 2. The minimum Gasteiger partial charge on any atom is -0.452 e. The van der Waals surface area contributed by atoms with Crippen LogP contribution in [0.3, 0.4) is 0 Å². The number of hydrogen-bond donors (Lipinski definition) is 1. The van der Waals surface area contributed by atoms with Gasteiger partial charge in [-0.25, -0.2) is 4.79 Å². The Labute approximate surface area is 132 Å². The number of nitrogens with zero attached hydrogens (tertiary/aromatic N) is 2. The Hall–Kier alpha value is -2.95. The third-order valence-electron chi connectivity index (χ3n) is 3.68. The summed E-state index contributed by atoms with van der Waals surface area (Å²) in [5.41, 5.74) is -1.13. The first-order valence-electron chi connectivity index (χ1n) is 7.10. The quantitative estimate of drug-likeness (QED) is 0.501. The largest absolute Gasteiger partial charge is 0.452 e. The summed E-state index contributed by atoms with van der Waals surface area (Å²) >= 11 is 0. The molecule has 0 bridgehead atoms. The molecule has 120 valence electrons. The maximum absolute atomic E-state index is 11.8. The number of nitriles is 1. The molecule has 0 spiro atoms. The molecule has 1 saturated carbocycles. The summed E-state index contributed by atoms with van der Waals surface area (Å²) < 4.78 is 4.84. The number of ether oxygens (including phenoxy) is 1. The van der Waals surface area contributed by atoms with Crippen LogP contribution in [0.4, 0.5) is 5.69 Å². The van der Waals surface area contributed by atoms with Crippen molar-refractivity contribution in [2.24, 2.45) is 0 Å². The van der Waals surface area contributed by atoms with E-state index in [0.717, 1.165) is 18.9 Å². The molecule has 1 aliphatic rings. The lowest BCUT2D eigenvalue weighted by Crippen LogP contribution is -2.46. The van der Waals surface area contributed by atoms with Crippen LogP contribution in [0.2, 0.25) is 0 Å². The first-order chi connectivity index (χ1) is 11.0. The van der Waals surface area contributed by atoms with Gasteiger partial charge in [0.15, 0.2) is 6.61 Å². The molecule has 23 heavy (non-hydrogen) atoms. The van der Waals surface area contributed by atoms with Gasteiger partial charge in [0.05, 0.1) is 16.6 Å². The molecular weight excluding hydrogens is 302 g/mol. The minimum absolute atomic E-state index is 0.0112. The molecule has 1 aromatic rings. The van der Waals surface area contributed by atoms with Crippen LogP contribution >= 0.6 is 0 Å². The van der Waals surface area contributed by atoms with Crippen molar-refractivity contribution in [3.05, 3.63) is 39.9 Å². The Morgan fingerprint density at radius 1 is 1.39 bits per heavy atom. The standard InChI is InChI=1S/C15H15N3O5/c16-10-15(6-1-2-7-15)17-13(19)9-23-14(20)11-4-3-5-12(8-11)18(21)22/h3-5,8H,1-2,6-7,9H2,(H,17,19). The van der Waals surface area contributed by atoms with E-state index in [4.69, 9.17) is 10.00 Å². The molecule has 8 heteroatoms. The van der Waals surface area contributed by atoms with E-state index in [1.807, 2.05) is 0 Å². The van der Waals surface area contributed by atoms with E-state index in [2.05, 4.69) is 11.4 Å². The number of esters is 1. The molecule has 0 saturated heterocycles. The number of nitro benzene ring substituents is 1. The fourth-order valence-electron chi connectivity index (χ4n) is 2.51. The van der Waals surface area contributed by atoms with Crippen molar-refractivity contribution in [2.75, 3.05) is 6.61 Å². The second-order valence-electron chi connectivity index (χ2n) is 5.33. The lowest BCUT2D eigenvalue weighted by molar-refractivity contribution is -0.384. The molecule has 1 N–H and O–H groups in total. The summed E-state index contributed by atoms with van der Waals surface area (Å²) in [6, 6.07) is 7.15. The molecule has 1 amide bonds. The molecule has 1 fully saturated rings. The Balaban J connectivity index is 1.91. The van der Waals surface area contributed by atoms with Gasteiger partial charge in [-0.15, -0.1) is 0 Å². The Morgan fingerprint density at radius 2 is 2.09 bits per heavy atom. The number of benzene rings is 1. The van der Waals surface area contributed by atoms with Crippen LogP contribution in [0.5, 0.6) is 0 Å². The fraction of sp³-hybridized carbons (Fsp3) is 0.400. The van der Waals surface area contributed by atoms with Crippen LogP contribution in [-0.4, -0.2) is 28.9 Å². The van der Waals surface area contributed by atoms with Crippen LogP contribution in [0.1, 0.15) is 36.0 Å². The van der Waals surface area contributed by atoms with Crippen LogP contribution in [0.25, 0.3) is 0 Å². The van der Waals surface area contributed by atoms with E-state index in [1.165, 1.54) is 18.2 Å². The molecular formula is C15H15N3O5. The van der Waals surface area contributed by atoms with Crippen molar-refractivity contribution in [1.29, 1.82) is 5.26 Å². The molecule has 0 aromatic heterocycles. The molecule has 8 nitrogen and oxygen atoms in total. The second kappa shape index (κ2) is 6.87. The molecule has 0 heterocycles. The zero-order valence-corrected chi connectivity index (χ0v) is 12.3. The Kier molecular flexibility index (Phi) is 4.91. The van der Waals surface area contributed by atoms with Gasteiger partial charge in [-0.1, -0.05) is 6.07 Å². The third kappa shape index (κ3) is 4.03. The Morgan fingerprint density at radius 3 is 2.70 bits per heavy atom. The smallest absolute Gasteiger partial charge is 0.338 e. The molecule has 0 atom stereocenters. The van der Waals surface area contributed by atoms with Gasteiger partial charge in [0.2, 0.25) is 0 Å². The van der Waals surface area contributed by atoms with E-state index >= 15 is 0 Å². The van der Waals surface area contributed by atoms with E-state index in [1.54, 1.807) is 0 Å². The first kappa shape index (κ1) is 16.4. The number of nitrogens with one attached hydrogen (secondary N) is 1. The average molecular weight is 317 g/mol. The highest BCUT2D eigenvalue weighted by Gasteiger charge is 2.35. The highest BCUT2D eigenvalue weighted by Crippen LogP contribution is 2.28. The number of nitro groups is 1. The number of rotatable bonds is 5. The topological polar surface area (TPSA) is 122 Å². The summed E-state index contributed by atoms with van der Waals surface area (Å²) in [7, 11) is 0. The number of carbonyl (C=O) groups is 2. The molecule has 0 unspecified atom stereocenters. The van der Waals surface area contributed by atoms with E-state index < -0.39 is 28.9 Å². The van der Waals surface area contributed by atoms with Crippen molar-refractivity contribution >= 4 is 17.6 Å². The van der Waals surface area contributed by atoms with Crippen molar-refractivity contribution in [3.63, 3.8) is 0 Å². The summed E-state index contributed by atoms with van der Waals surface area (Å²) in [6.07, 6.45) is 2.88. The van der Waals surface area contributed by atoms with Crippen LogP contribution in [0, 0.1) is 21.4 Å². The van der Waals surface area contributed by atoms with Crippen LogP contribution in [0.15, 0.2) is 24.3 Å². The SMILES string of the molecule is N#CC1(NC(=O)COC(=O)c2cccc([N+](=O)[O-])c2)CCCC1. The van der Waals surface area contributed by atoms with Gasteiger partial charge in [0.25, 0.3) is 11.6 Å². The lowest BCUT2D eigenvalue weighted by atomic mass is 10.00. The van der Waals surface area contributed by atoms with Crippen molar-refractivity contribution in [3.8, 4) is 6.07 Å². The Bertz CT molecular complexity index is 674. The van der Waals surface area contributed by atoms with E-state index in [0.29, 0.717) is 12.8 Å². The van der Waals surface area contributed by atoms with Gasteiger partial charge in [-0.05, 0) is 31.7 Å². The highest BCUT2D eigenvalue weighted by atomic mass is 16.6. The zero-order chi connectivity index (χ0) is 16.9. The van der Waals surface area contributed by atoms with Gasteiger partial charge in [0, 0.05) is 12.1 Å². The monoisotopic (exact) mass is 317 g/mol. The molecule has 1 aliphatic carbocycles. The fourth-order valence-corrected chi connectivity index (χ4v) is 2.51. The molecule has 1 aromatic carbocycles. The highest BCUT2D eigenvalue weighted by molar-refractivity contribution is 5.92. The molecule has 0 radical (unpaired) electrons. The van der Waals surface area contributed by atoms with Crippen molar-refractivity contribution in [2.45, 2.75) is 31.2 Å². The average Bonchev–Trinajstić information content (AvgIpc) is 3.01. The summed E-state index contributed by atoms with van der Waals surface area (Å²) in [5.74, 6) is -1.39. The second-order valence-corrected chi connectivity index (χ2v) is 5.33. The van der Waals surface area contributed by atoms with Crippen molar-refractivity contribution in [1.82, 2.24) is 5.32 Å². The zero-order valence-electron chi connectivity index (χ0n) is 12.3. The summed E-state index contributed by atoms with van der Waals surface area (Å²) in [4.78, 5) is 33.7. The maximum atomic E-state index is 11.8. The number of non-ortho nitro benzene ring substituents is 1. The van der Waals surface area contributed by atoms with Gasteiger partial charge in [0.1, 0.15) is 5.54 Å². The number of amides is 1. The predicted octanol–water partition coefficient (Wildman–Crippen LogP) is 1.70. The van der Waals surface area contributed by atoms with Gasteiger partial charge in [-0.3, -0.25) is 14.9 Å². The van der Waals surface area contributed by atoms with Crippen LogP contribution in [-0.2, 0) is 9.53 Å². The lowest BCUT2D eigenvalue weighted by Gasteiger charge is -2.21. The van der Waals surface area contributed by atoms with Gasteiger partial charge in [-0.2, -0.15) is 5.26 Å². The van der Waals surface area contributed by atoms with Gasteiger partial charge < -0.3 is 10.1 Å². The van der Waals surface area contributed by atoms with E-state index in [-0.39, 0.29) is 11.3 Å². The maximum Gasteiger partial charge on any atom is 0.338 e. The summed E-state index contributed by atoms with van der Waals surface area (Å²) in [5, 5.41) is 22.4. The van der Waals surface area contributed by atoms with E-state index in [9.17, 15) is 19.7 Å². The third-order valence-corrected chi connectivity index (χ3v) is 3.68. The predicted molar refractivity (Wildman–Crippen MR) is 78.3 cm³/mol. The summed E-state index contributed by atoms with van der Waals surface area (Å²) in [6.45, 7) is -0.537. The first-order valence-corrected chi connectivity index (χ1v) is 7.10.